The molecule has 0 bridgehead atoms. The molecule has 7 heteroatoms. The van der Waals surface area contributed by atoms with Crippen molar-refractivity contribution in [3.8, 4) is 11.5 Å². The normalized spacial score (nSPS) is 10.3. The first-order valence-electron chi connectivity index (χ1n) is 5.78. The highest BCUT2D eigenvalue weighted by Gasteiger charge is 2.18. The molecule has 0 N–H and O–H groups in total. The summed E-state index contributed by atoms with van der Waals surface area (Å²) in [5.74, 6) is -0.953. The van der Waals surface area contributed by atoms with Crippen molar-refractivity contribution in [1.29, 1.82) is 0 Å². The molecule has 0 aliphatic rings. The van der Waals surface area contributed by atoms with Crippen LogP contribution in [0.5, 0.6) is 11.5 Å². The number of carbonyl (C=O) groups excluding carboxylic acids is 3. The number of esters is 2. The Morgan fingerprint density at radius 2 is 1.55 bits per heavy atom. The number of fused-ring (bicyclic) bond motifs is 1. The van der Waals surface area contributed by atoms with Crippen molar-refractivity contribution in [3.05, 3.63) is 18.3 Å². The van der Waals surface area contributed by atoms with Crippen LogP contribution in [0.1, 0.15) is 25.6 Å². The van der Waals surface area contributed by atoms with Gasteiger partial charge in [-0.1, -0.05) is 0 Å². The number of carbonyl (C=O) groups is 3. The van der Waals surface area contributed by atoms with E-state index < -0.39 is 11.9 Å². The van der Waals surface area contributed by atoms with Crippen LogP contribution in [-0.2, 0) is 9.59 Å². The van der Waals surface area contributed by atoms with Gasteiger partial charge >= 0.3 is 11.9 Å². The van der Waals surface area contributed by atoms with Crippen LogP contribution >= 0.6 is 0 Å². The van der Waals surface area contributed by atoms with Crippen LogP contribution in [0.25, 0.3) is 10.9 Å². The fraction of sp³-hybridized carbons (Fsp3) is 0.231. The third-order valence-electron chi connectivity index (χ3n) is 2.46. The maximum atomic E-state index is 11.5. The molecule has 104 valence electrons. The first-order valence-corrected chi connectivity index (χ1v) is 5.78. The summed E-state index contributed by atoms with van der Waals surface area (Å²) in [5.41, 5.74) is 0.284. The van der Waals surface area contributed by atoms with Gasteiger partial charge in [0, 0.05) is 20.8 Å². The summed E-state index contributed by atoms with van der Waals surface area (Å²) >= 11 is 0. The van der Waals surface area contributed by atoms with Gasteiger partial charge in [0.25, 0.3) is 0 Å². The lowest BCUT2D eigenvalue weighted by atomic mass is 10.2. The first-order chi connectivity index (χ1) is 9.40. The van der Waals surface area contributed by atoms with E-state index in [4.69, 9.17) is 9.47 Å². The Morgan fingerprint density at radius 3 is 2.10 bits per heavy atom. The fourth-order valence-electron chi connectivity index (χ4n) is 1.81. The lowest BCUT2D eigenvalue weighted by molar-refractivity contribution is -0.132. The minimum Gasteiger partial charge on any atom is -0.426 e. The number of aromatic nitrogens is 2. The zero-order valence-corrected chi connectivity index (χ0v) is 11.2. The molecule has 0 radical (unpaired) electrons. The van der Waals surface area contributed by atoms with Crippen LogP contribution in [0.3, 0.4) is 0 Å². The van der Waals surface area contributed by atoms with Crippen molar-refractivity contribution >= 4 is 28.7 Å². The molecule has 2 rings (SSSR count). The minimum absolute atomic E-state index is 0.177. The zero-order valence-electron chi connectivity index (χ0n) is 11.2. The molecule has 0 saturated carbocycles. The van der Waals surface area contributed by atoms with E-state index in [2.05, 4.69) is 5.10 Å². The molecule has 0 fully saturated rings. The van der Waals surface area contributed by atoms with E-state index in [9.17, 15) is 14.4 Å². The Kier molecular flexibility index (Phi) is 3.51. The molecule has 1 aromatic heterocycles. The van der Waals surface area contributed by atoms with Gasteiger partial charge in [0.15, 0.2) is 5.75 Å². The van der Waals surface area contributed by atoms with E-state index in [-0.39, 0.29) is 22.9 Å². The van der Waals surface area contributed by atoms with Crippen LogP contribution in [0.15, 0.2) is 18.3 Å². The van der Waals surface area contributed by atoms with Crippen LogP contribution in [0.2, 0.25) is 0 Å². The quantitative estimate of drug-likeness (QED) is 0.610. The molecule has 20 heavy (non-hydrogen) atoms. The first kappa shape index (κ1) is 13.7. The average molecular weight is 276 g/mol. The van der Waals surface area contributed by atoms with E-state index in [0.29, 0.717) is 5.39 Å². The summed E-state index contributed by atoms with van der Waals surface area (Å²) in [5, 5.41) is 4.33. The Bertz CT molecular complexity index is 717. The van der Waals surface area contributed by atoms with E-state index in [1.165, 1.54) is 39.1 Å². The summed E-state index contributed by atoms with van der Waals surface area (Å²) < 4.78 is 11.2. The molecule has 0 amide bonds. The predicted molar refractivity (Wildman–Crippen MR) is 68.7 cm³/mol. The summed E-state index contributed by atoms with van der Waals surface area (Å²) in [7, 11) is 0. The highest BCUT2D eigenvalue weighted by Crippen LogP contribution is 2.33. The molecule has 0 spiro atoms. The number of ether oxygens (including phenoxy) is 2. The van der Waals surface area contributed by atoms with Gasteiger partial charge in [-0.05, 0) is 12.1 Å². The summed E-state index contributed by atoms with van der Waals surface area (Å²) in [6, 6.07) is 2.93. The van der Waals surface area contributed by atoms with E-state index in [1.807, 2.05) is 0 Å². The van der Waals surface area contributed by atoms with Gasteiger partial charge in [0.05, 0.1) is 11.6 Å². The smallest absolute Gasteiger partial charge is 0.308 e. The van der Waals surface area contributed by atoms with Crippen LogP contribution in [0, 0.1) is 0 Å². The van der Waals surface area contributed by atoms with Crippen LogP contribution < -0.4 is 9.47 Å². The zero-order chi connectivity index (χ0) is 14.9. The van der Waals surface area contributed by atoms with E-state index >= 15 is 0 Å². The Balaban J connectivity index is 2.69. The molecule has 0 saturated heterocycles. The largest absolute Gasteiger partial charge is 0.426 e. The second-order valence-corrected chi connectivity index (χ2v) is 4.09. The van der Waals surface area contributed by atoms with Crippen molar-refractivity contribution < 1.29 is 23.9 Å². The molecular weight excluding hydrogens is 264 g/mol. The Labute approximate surface area is 114 Å². The van der Waals surface area contributed by atoms with E-state index in [1.54, 1.807) is 0 Å². The molecule has 0 atom stereocenters. The highest BCUT2D eigenvalue weighted by molar-refractivity contribution is 5.98. The molecule has 0 unspecified atom stereocenters. The van der Waals surface area contributed by atoms with Gasteiger partial charge in [-0.15, -0.1) is 0 Å². The van der Waals surface area contributed by atoms with E-state index in [0.717, 1.165) is 4.68 Å². The molecule has 1 aromatic carbocycles. The van der Waals surface area contributed by atoms with Crippen molar-refractivity contribution in [3.63, 3.8) is 0 Å². The molecule has 0 aliphatic heterocycles. The molecular formula is C13H12N2O5. The third kappa shape index (κ3) is 2.51. The monoisotopic (exact) mass is 276 g/mol. The second kappa shape index (κ2) is 5.12. The maximum absolute atomic E-state index is 11.5. The maximum Gasteiger partial charge on any atom is 0.308 e. The number of benzene rings is 1. The van der Waals surface area contributed by atoms with Gasteiger partial charge < -0.3 is 9.47 Å². The fourth-order valence-corrected chi connectivity index (χ4v) is 1.81. The van der Waals surface area contributed by atoms with Crippen molar-refractivity contribution in [2.45, 2.75) is 20.8 Å². The predicted octanol–water partition coefficient (Wildman–Crippen LogP) is 1.55. The second-order valence-electron chi connectivity index (χ2n) is 4.09. The average Bonchev–Trinajstić information content (AvgIpc) is 2.76. The number of hydrogen-bond donors (Lipinski definition) is 0. The topological polar surface area (TPSA) is 87.5 Å². The lowest BCUT2D eigenvalue weighted by Crippen LogP contribution is -2.10. The van der Waals surface area contributed by atoms with Gasteiger partial charge in [-0.2, -0.15) is 9.78 Å². The van der Waals surface area contributed by atoms with Gasteiger partial charge in [-0.3, -0.25) is 14.4 Å². The standard InChI is InChI=1S/C13H12N2O5/c1-7(16)15-13-10(6-14-15)11(19-8(2)17)4-5-12(13)20-9(3)18/h4-6H,1-3H3. The Hall–Kier alpha value is -2.70. The third-order valence-corrected chi connectivity index (χ3v) is 2.46. The van der Waals surface area contributed by atoms with Crippen molar-refractivity contribution in [2.24, 2.45) is 0 Å². The van der Waals surface area contributed by atoms with Crippen LogP contribution in [0.4, 0.5) is 0 Å². The van der Waals surface area contributed by atoms with Gasteiger partial charge in [0.2, 0.25) is 5.91 Å². The number of nitrogens with zero attached hydrogens (tertiary/aromatic N) is 2. The Morgan fingerprint density at radius 1 is 1.00 bits per heavy atom. The summed E-state index contributed by atoms with van der Waals surface area (Å²) in [6.07, 6.45) is 1.38. The SMILES string of the molecule is CC(=O)Oc1ccc(OC(C)=O)c2c1cnn2C(C)=O. The minimum atomic E-state index is -0.525. The lowest BCUT2D eigenvalue weighted by Gasteiger charge is -2.08. The molecule has 0 aliphatic carbocycles. The number of rotatable bonds is 2. The molecule has 1 heterocycles. The number of hydrogen-bond acceptors (Lipinski definition) is 6. The highest BCUT2D eigenvalue weighted by atomic mass is 16.5. The van der Waals surface area contributed by atoms with Crippen LogP contribution in [-0.4, -0.2) is 27.6 Å². The molecule has 2 aromatic rings. The molecule has 7 nitrogen and oxygen atoms in total. The summed E-state index contributed by atoms with van der Waals surface area (Å²) in [6.45, 7) is 3.84. The van der Waals surface area contributed by atoms with Crippen molar-refractivity contribution in [2.75, 3.05) is 0 Å². The summed E-state index contributed by atoms with van der Waals surface area (Å²) in [4.78, 5) is 33.7. The van der Waals surface area contributed by atoms with Gasteiger partial charge in [-0.25, -0.2) is 0 Å². The van der Waals surface area contributed by atoms with Gasteiger partial charge in [0.1, 0.15) is 11.3 Å². The van der Waals surface area contributed by atoms with Crippen molar-refractivity contribution in [1.82, 2.24) is 9.78 Å².